The molecule has 1 N–H and O–H groups in total. The van der Waals surface area contributed by atoms with Crippen molar-refractivity contribution < 1.29 is 23.5 Å². The fourth-order valence-electron chi connectivity index (χ4n) is 1.77. The van der Waals surface area contributed by atoms with Gasteiger partial charge in [-0.3, -0.25) is 4.79 Å². The van der Waals surface area contributed by atoms with E-state index in [-0.39, 0.29) is 6.61 Å². The van der Waals surface area contributed by atoms with Gasteiger partial charge in [0.2, 0.25) is 0 Å². The van der Waals surface area contributed by atoms with Crippen molar-refractivity contribution in [3.05, 3.63) is 58.3 Å². The second-order valence-corrected chi connectivity index (χ2v) is 5.34. The first kappa shape index (κ1) is 17.0. The molecular weight excluding hydrogens is 369 g/mol. The Kier molecular flexibility index (Phi) is 5.70. The van der Waals surface area contributed by atoms with Gasteiger partial charge in [0.25, 0.3) is 5.91 Å². The largest absolute Gasteiger partial charge is 0.483 e. The maximum absolute atomic E-state index is 13.0. The number of amides is 1. The number of carbonyl (C=O) groups excluding carboxylic acids is 2. The van der Waals surface area contributed by atoms with Crippen LogP contribution in [-0.2, 0) is 9.53 Å². The van der Waals surface area contributed by atoms with E-state index in [0.717, 1.165) is 0 Å². The van der Waals surface area contributed by atoms with Crippen molar-refractivity contribution in [1.29, 1.82) is 0 Å². The number of hydrogen-bond acceptors (Lipinski definition) is 4. The Morgan fingerprint density at radius 3 is 2.65 bits per heavy atom. The van der Waals surface area contributed by atoms with Gasteiger partial charge >= 0.3 is 5.97 Å². The molecule has 2 rings (SSSR count). The summed E-state index contributed by atoms with van der Waals surface area (Å²) in [4.78, 5) is 23.2. The van der Waals surface area contributed by atoms with E-state index in [9.17, 15) is 14.0 Å². The van der Waals surface area contributed by atoms with Crippen LogP contribution in [-0.4, -0.2) is 25.6 Å². The lowest BCUT2D eigenvalue weighted by atomic mass is 10.2. The molecule has 2 aromatic rings. The Labute approximate surface area is 140 Å². The monoisotopic (exact) mass is 381 g/mol. The average Bonchev–Trinajstić information content (AvgIpc) is 2.53. The molecule has 0 saturated carbocycles. The minimum atomic E-state index is -0.471. The molecule has 2 aromatic carbocycles. The van der Waals surface area contributed by atoms with Crippen LogP contribution in [0, 0.1) is 5.82 Å². The maximum atomic E-state index is 13.0. The summed E-state index contributed by atoms with van der Waals surface area (Å²) in [5.74, 6) is -0.947. The van der Waals surface area contributed by atoms with E-state index in [1.807, 2.05) is 0 Å². The van der Waals surface area contributed by atoms with Crippen LogP contribution in [0.1, 0.15) is 10.4 Å². The van der Waals surface area contributed by atoms with Crippen molar-refractivity contribution >= 4 is 33.5 Å². The molecular formula is C16H13BrFNO4. The van der Waals surface area contributed by atoms with E-state index in [4.69, 9.17) is 4.74 Å². The third kappa shape index (κ3) is 4.79. The number of rotatable bonds is 5. The van der Waals surface area contributed by atoms with E-state index >= 15 is 0 Å². The fourth-order valence-corrected chi connectivity index (χ4v) is 2.26. The van der Waals surface area contributed by atoms with Crippen molar-refractivity contribution in [3.63, 3.8) is 0 Å². The normalized spacial score (nSPS) is 10.0. The van der Waals surface area contributed by atoms with Gasteiger partial charge in [-0.2, -0.15) is 0 Å². The van der Waals surface area contributed by atoms with Crippen LogP contribution in [0.25, 0.3) is 0 Å². The van der Waals surface area contributed by atoms with E-state index in [0.29, 0.717) is 21.5 Å². The molecule has 0 spiro atoms. The molecule has 0 bridgehead atoms. The van der Waals surface area contributed by atoms with Crippen molar-refractivity contribution in [3.8, 4) is 5.75 Å². The van der Waals surface area contributed by atoms with Gasteiger partial charge in [0, 0.05) is 5.69 Å². The third-order valence-corrected chi connectivity index (χ3v) is 3.44. The van der Waals surface area contributed by atoms with Gasteiger partial charge in [-0.25, -0.2) is 9.18 Å². The molecule has 5 nitrogen and oxygen atoms in total. The van der Waals surface area contributed by atoms with Crippen molar-refractivity contribution in [2.24, 2.45) is 0 Å². The molecule has 23 heavy (non-hydrogen) atoms. The number of anilines is 1. The van der Waals surface area contributed by atoms with Gasteiger partial charge in [0.15, 0.2) is 6.61 Å². The quantitative estimate of drug-likeness (QED) is 0.806. The Bertz CT molecular complexity index is 736. The summed E-state index contributed by atoms with van der Waals surface area (Å²) in [7, 11) is 1.29. The summed E-state index contributed by atoms with van der Waals surface area (Å²) in [5, 5.41) is 2.52. The average molecular weight is 382 g/mol. The molecule has 0 aromatic heterocycles. The predicted molar refractivity (Wildman–Crippen MR) is 86.0 cm³/mol. The van der Waals surface area contributed by atoms with Crippen LogP contribution in [0.4, 0.5) is 10.1 Å². The SMILES string of the molecule is COC(=O)c1ccc(OCC(=O)Nc2cccc(F)c2)c(Br)c1. The van der Waals surface area contributed by atoms with Crippen LogP contribution < -0.4 is 10.1 Å². The molecule has 0 aliphatic heterocycles. The topological polar surface area (TPSA) is 64.6 Å². The molecule has 0 aliphatic rings. The summed E-state index contributed by atoms with van der Waals surface area (Å²) >= 11 is 3.26. The van der Waals surface area contributed by atoms with E-state index in [1.165, 1.54) is 37.4 Å². The van der Waals surface area contributed by atoms with Crippen molar-refractivity contribution in [2.45, 2.75) is 0 Å². The Balaban J connectivity index is 1.95. The summed E-state index contributed by atoms with van der Waals surface area (Å²) in [6.45, 7) is -0.257. The first-order chi connectivity index (χ1) is 11.0. The molecule has 120 valence electrons. The van der Waals surface area contributed by atoms with Crippen molar-refractivity contribution in [1.82, 2.24) is 0 Å². The summed E-state index contributed by atoms with van der Waals surface area (Å²) < 4.78 is 23.5. The molecule has 0 aliphatic carbocycles. The molecule has 0 atom stereocenters. The number of esters is 1. The van der Waals surface area contributed by atoms with Crippen LogP contribution >= 0.6 is 15.9 Å². The first-order valence-corrected chi connectivity index (χ1v) is 7.35. The highest BCUT2D eigenvalue weighted by atomic mass is 79.9. The Hall–Kier alpha value is -2.41. The van der Waals surface area contributed by atoms with Crippen LogP contribution in [0.15, 0.2) is 46.9 Å². The van der Waals surface area contributed by atoms with Crippen LogP contribution in [0.3, 0.4) is 0 Å². The molecule has 0 radical (unpaired) electrons. The van der Waals surface area contributed by atoms with Gasteiger partial charge in [-0.05, 0) is 52.3 Å². The zero-order valence-corrected chi connectivity index (χ0v) is 13.7. The zero-order valence-electron chi connectivity index (χ0n) is 12.1. The second-order valence-electron chi connectivity index (χ2n) is 4.48. The lowest BCUT2D eigenvalue weighted by Gasteiger charge is -2.10. The third-order valence-electron chi connectivity index (χ3n) is 2.82. The lowest BCUT2D eigenvalue weighted by Crippen LogP contribution is -2.20. The molecule has 7 heteroatoms. The van der Waals surface area contributed by atoms with Gasteiger partial charge in [-0.1, -0.05) is 6.07 Å². The minimum absolute atomic E-state index is 0.257. The van der Waals surface area contributed by atoms with Gasteiger partial charge in [-0.15, -0.1) is 0 Å². The predicted octanol–water partition coefficient (Wildman–Crippen LogP) is 3.39. The molecule has 0 unspecified atom stereocenters. The zero-order chi connectivity index (χ0) is 16.8. The van der Waals surface area contributed by atoms with Crippen molar-refractivity contribution in [2.75, 3.05) is 19.0 Å². The highest BCUT2D eigenvalue weighted by molar-refractivity contribution is 9.10. The number of carbonyl (C=O) groups is 2. The number of hydrogen-bond donors (Lipinski definition) is 1. The van der Waals surface area contributed by atoms with Gasteiger partial charge in [0.05, 0.1) is 17.1 Å². The number of ether oxygens (including phenoxy) is 2. The smallest absolute Gasteiger partial charge is 0.337 e. The van der Waals surface area contributed by atoms with Crippen LogP contribution in [0.2, 0.25) is 0 Å². The number of methoxy groups -OCH3 is 1. The van der Waals surface area contributed by atoms with Gasteiger partial charge < -0.3 is 14.8 Å². The number of halogens is 2. The standard InChI is InChI=1S/C16H13BrFNO4/c1-22-16(21)10-5-6-14(13(17)7-10)23-9-15(20)19-12-4-2-3-11(18)8-12/h2-8H,9H2,1H3,(H,19,20). The van der Waals surface area contributed by atoms with E-state index < -0.39 is 17.7 Å². The lowest BCUT2D eigenvalue weighted by molar-refractivity contribution is -0.118. The highest BCUT2D eigenvalue weighted by Crippen LogP contribution is 2.26. The Morgan fingerprint density at radius 2 is 2.00 bits per heavy atom. The maximum Gasteiger partial charge on any atom is 0.337 e. The highest BCUT2D eigenvalue weighted by Gasteiger charge is 2.11. The van der Waals surface area contributed by atoms with E-state index in [2.05, 4.69) is 26.0 Å². The van der Waals surface area contributed by atoms with Crippen LogP contribution in [0.5, 0.6) is 5.75 Å². The number of benzene rings is 2. The second kappa shape index (κ2) is 7.73. The molecule has 0 heterocycles. The fraction of sp³-hybridized carbons (Fsp3) is 0.125. The molecule has 0 saturated heterocycles. The minimum Gasteiger partial charge on any atom is -0.483 e. The first-order valence-electron chi connectivity index (χ1n) is 6.55. The van der Waals surface area contributed by atoms with E-state index in [1.54, 1.807) is 12.1 Å². The summed E-state index contributed by atoms with van der Waals surface area (Å²) in [6.07, 6.45) is 0. The summed E-state index contributed by atoms with van der Waals surface area (Å²) in [5.41, 5.74) is 0.703. The summed E-state index contributed by atoms with van der Waals surface area (Å²) in [6, 6.07) is 10.2. The molecule has 0 fully saturated rings. The van der Waals surface area contributed by atoms with Gasteiger partial charge in [0.1, 0.15) is 11.6 Å². The number of nitrogens with one attached hydrogen (secondary N) is 1. The Morgan fingerprint density at radius 1 is 1.22 bits per heavy atom. The molecule has 1 amide bonds.